The molecule has 0 saturated carbocycles. The Morgan fingerprint density at radius 3 is 2.48 bits per heavy atom. The van der Waals surface area contributed by atoms with Gasteiger partial charge in [-0.05, 0) is 36.1 Å². The number of hydrogen-bond donors (Lipinski definition) is 1. The first kappa shape index (κ1) is 13.8. The minimum atomic E-state index is -3.81. The Hall–Kier alpha value is -2.14. The third kappa shape index (κ3) is 2.45. The number of fused-ring (bicyclic) bond motifs is 1. The monoisotopic (exact) mass is 301 g/mol. The standard InChI is InChI=1S/C16H15NO3S/c1-11-6-2-5-9-15(11)21(19,20)17-16(18)14-10-12-7-3-4-8-13(12)14/h2-9,14H,10H2,1H3,(H,17,18). The molecule has 2 aromatic carbocycles. The lowest BCUT2D eigenvalue weighted by atomic mass is 9.77. The molecule has 108 valence electrons. The van der Waals surface area contributed by atoms with E-state index >= 15 is 0 Å². The van der Waals surface area contributed by atoms with Crippen molar-refractivity contribution in [2.75, 3.05) is 0 Å². The summed E-state index contributed by atoms with van der Waals surface area (Å²) in [6, 6.07) is 14.2. The van der Waals surface area contributed by atoms with E-state index in [2.05, 4.69) is 4.72 Å². The zero-order valence-electron chi connectivity index (χ0n) is 11.5. The van der Waals surface area contributed by atoms with Gasteiger partial charge in [-0.3, -0.25) is 4.79 Å². The molecule has 21 heavy (non-hydrogen) atoms. The predicted molar refractivity (Wildman–Crippen MR) is 79.4 cm³/mol. The Bertz CT molecular complexity index is 812. The van der Waals surface area contributed by atoms with Gasteiger partial charge in [0.2, 0.25) is 5.91 Å². The summed E-state index contributed by atoms with van der Waals surface area (Å²) in [4.78, 5) is 12.3. The fourth-order valence-corrected chi connectivity index (χ4v) is 3.88. The molecule has 1 aliphatic carbocycles. The number of aryl methyl sites for hydroxylation is 1. The number of amides is 1. The maximum Gasteiger partial charge on any atom is 0.264 e. The average Bonchev–Trinajstić information content (AvgIpc) is 2.40. The van der Waals surface area contributed by atoms with Crippen molar-refractivity contribution in [1.82, 2.24) is 4.72 Å². The summed E-state index contributed by atoms with van der Waals surface area (Å²) >= 11 is 0. The second kappa shape index (κ2) is 5.00. The van der Waals surface area contributed by atoms with Crippen molar-refractivity contribution in [3.8, 4) is 0 Å². The van der Waals surface area contributed by atoms with E-state index in [1.54, 1.807) is 25.1 Å². The van der Waals surface area contributed by atoms with Gasteiger partial charge >= 0.3 is 0 Å². The van der Waals surface area contributed by atoms with Crippen molar-refractivity contribution in [1.29, 1.82) is 0 Å². The lowest BCUT2D eigenvalue weighted by Gasteiger charge is -2.28. The van der Waals surface area contributed by atoms with Crippen LogP contribution in [-0.4, -0.2) is 14.3 Å². The molecule has 1 N–H and O–H groups in total. The molecule has 0 heterocycles. The van der Waals surface area contributed by atoms with Crippen LogP contribution < -0.4 is 4.72 Å². The van der Waals surface area contributed by atoms with E-state index in [1.165, 1.54) is 6.07 Å². The molecule has 1 aliphatic rings. The topological polar surface area (TPSA) is 63.2 Å². The molecule has 1 atom stereocenters. The lowest BCUT2D eigenvalue weighted by Crippen LogP contribution is -2.39. The van der Waals surface area contributed by atoms with Gasteiger partial charge in [-0.25, -0.2) is 13.1 Å². The minimum absolute atomic E-state index is 0.144. The average molecular weight is 301 g/mol. The zero-order valence-corrected chi connectivity index (χ0v) is 12.4. The van der Waals surface area contributed by atoms with Gasteiger partial charge in [-0.2, -0.15) is 0 Å². The van der Waals surface area contributed by atoms with Crippen LogP contribution in [0.25, 0.3) is 0 Å². The molecule has 3 rings (SSSR count). The van der Waals surface area contributed by atoms with Crippen LogP contribution in [0.2, 0.25) is 0 Å². The molecule has 0 fully saturated rings. The van der Waals surface area contributed by atoms with E-state index in [-0.39, 0.29) is 10.8 Å². The highest BCUT2D eigenvalue weighted by Crippen LogP contribution is 2.35. The molecule has 1 amide bonds. The van der Waals surface area contributed by atoms with E-state index < -0.39 is 15.9 Å². The molecule has 2 aromatic rings. The number of rotatable bonds is 3. The molecule has 4 nitrogen and oxygen atoms in total. The van der Waals surface area contributed by atoms with Crippen molar-refractivity contribution >= 4 is 15.9 Å². The normalized spacial score (nSPS) is 16.7. The number of carbonyl (C=O) groups excluding carboxylic acids is 1. The summed E-state index contributed by atoms with van der Waals surface area (Å²) in [5.41, 5.74) is 2.63. The molecule has 1 unspecified atom stereocenters. The van der Waals surface area contributed by atoms with Crippen molar-refractivity contribution < 1.29 is 13.2 Å². The molecule has 5 heteroatoms. The van der Waals surface area contributed by atoms with E-state index in [4.69, 9.17) is 0 Å². The van der Waals surface area contributed by atoms with Crippen LogP contribution in [0.3, 0.4) is 0 Å². The number of carbonyl (C=O) groups is 1. The Morgan fingerprint density at radius 1 is 1.10 bits per heavy atom. The molecule has 0 aliphatic heterocycles. The van der Waals surface area contributed by atoms with Crippen LogP contribution in [0, 0.1) is 6.92 Å². The van der Waals surface area contributed by atoms with E-state index in [0.29, 0.717) is 12.0 Å². The van der Waals surface area contributed by atoms with Gasteiger partial charge < -0.3 is 0 Å². The third-order valence-corrected chi connectivity index (χ3v) is 5.30. The summed E-state index contributed by atoms with van der Waals surface area (Å²) in [6.07, 6.45) is 0.589. The fourth-order valence-electron chi connectivity index (χ4n) is 2.61. The van der Waals surface area contributed by atoms with E-state index in [1.807, 2.05) is 24.3 Å². The maximum absolute atomic E-state index is 12.3. The van der Waals surface area contributed by atoms with Crippen LogP contribution in [0.4, 0.5) is 0 Å². The number of benzene rings is 2. The number of sulfonamides is 1. The lowest BCUT2D eigenvalue weighted by molar-refractivity contribution is -0.121. The van der Waals surface area contributed by atoms with Gasteiger partial charge in [-0.1, -0.05) is 42.5 Å². The van der Waals surface area contributed by atoms with Crippen molar-refractivity contribution in [2.24, 2.45) is 0 Å². The number of nitrogens with one attached hydrogen (secondary N) is 1. The highest BCUT2D eigenvalue weighted by Gasteiger charge is 2.34. The Balaban J connectivity index is 1.82. The second-order valence-corrected chi connectivity index (χ2v) is 6.84. The molecular weight excluding hydrogens is 286 g/mol. The maximum atomic E-state index is 12.3. The van der Waals surface area contributed by atoms with Crippen molar-refractivity contribution in [3.63, 3.8) is 0 Å². The van der Waals surface area contributed by atoms with E-state index in [0.717, 1.165) is 11.1 Å². The quantitative estimate of drug-likeness (QED) is 0.944. The van der Waals surface area contributed by atoms with Crippen LogP contribution in [0.15, 0.2) is 53.4 Å². The molecule has 0 saturated heterocycles. The Kier molecular flexibility index (Phi) is 3.29. The van der Waals surface area contributed by atoms with Gasteiger partial charge in [0.15, 0.2) is 0 Å². The molecule has 0 spiro atoms. The first-order chi connectivity index (χ1) is 9.99. The van der Waals surface area contributed by atoms with Crippen LogP contribution in [0.1, 0.15) is 22.6 Å². The molecule has 0 radical (unpaired) electrons. The predicted octanol–water partition coefficient (Wildman–Crippen LogP) is 2.14. The SMILES string of the molecule is Cc1ccccc1S(=O)(=O)NC(=O)C1Cc2ccccc21. The smallest absolute Gasteiger partial charge is 0.264 e. The molecular formula is C16H15NO3S. The highest BCUT2D eigenvalue weighted by molar-refractivity contribution is 7.90. The number of hydrogen-bond acceptors (Lipinski definition) is 3. The zero-order chi connectivity index (χ0) is 15.0. The van der Waals surface area contributed by atoms with Crippen LogP contribution in [0.5, 0.6) is 0 Å². The van der Waals surface area contributed by atoms with Gasteiger partial charge in [0.25, 0.3) is 10.0 Å². The van der Waals surface area contributed by atoms with Crippen LogP contribution >= 0.6 is 0 Å². The van der Waals surface area contributed by atoms with Gasteiger partial charge in [0, 0.05) is 0 Å². The largest absolute Gasteiger partial charge is 0.273 e. The summed E-state index contributed by atoms with van der Waals surface area (Å²) in [5, 5.41) is 0. The fraction of sp³-hybridized carbons (Fsp3) is 0.188. The summed E-state index contributed by atoms with van der Waals surface area (Å²) < 4.78 is 26.8. The first-order valence-electron chi connectivity index (χ1n) is 6.69. The van der Waals surface area contributed by atoms with Gasteiger partial charge in [0.1, 0.15) is 0 Å². The van der Waals surface area contributed by atoms with E-state index in [9.17, 15) is 13.2 Å². The Morgan fingerprint density at radius 2 is 1.76 bits per heavy atom. The molecule has 0 aromatic heterocycles. The highest BCUT2D eigenvalue weighted by atomic mass is 32.2. The van der Waals surface area contributed by atoms with Gasteiger partial charge in [-0.15, -0.1) is 0 Å². The molecule has 0 bridgehead atoms. The third-order valence-electron chi connectivity index (χ3n) is 3.79. The summed E-state index contributed by atoms with van der Waals surface area (Å²) in [6.45, 7) is 1.71. The van der Waals surface area contributed by atoms with Crippen molar-refractivity contribution in [2.45, 2.75) is 24.2 Å². The first-order valence-corrected chi connectivity index (χ1v) is 8.17. The summed E-state index contributed by atoms with van der Waals surface area (Å²) in [5.74, 6) is -0.836. The second-order valence-electron chi connectivity index (χ2n) is 5.19. The van der Waals surface area contributed by atoms with Crippen LogP contribution in [-0.2, 0) is 21.2 Å². The van der Waals surface area contributed by atoms with Crippen molar-refractivity contribution in [3.05, 3.63) is 65.2 Å². The van der Waals surface area contributed by atoms with Gasteiger partial charge in [0.05, 0.1) is 10.8 Å². The summed E-state index contributed by atoms with van der Waals surface area (Å²) in [7, 11) is -3.81. The Labute approximate surface area is 123 Å². The minimum Gasteiger partial charge on any atom is -0.273 e.